The van der Waals surface area contributed by atoms with Crippen molar-refractivity contribution in [2.24, 2.45) is 0 Å². The van der Waals surface area contributed by atoms with Crippen LogP contribution in [0.5, 0.6) is 11.5 Å². The highest BCUT2D eigenvalue weighted by molar-refractivity contribution is 6.09. The molecule has 0 fully saturated rings. The second-order valence-electron chi connectivity index (χ2n) is 8.08. The van der Waals surface area contributed by atoms with Gasteiger partial charge in [-0.2, -0.15) is 0 Å². The molecule has 0 atom stereocenters. The lowest BCUT2D eigenvalue weighted by atomic mass is 9.98. The standard InChI is InChI=1S/C25H21N3O4/c29-24-19-4-2-1-3-16(19)9-12-28(24)22-8-5-17-10-11-27(25(30)23(17)26-22)18-6-7-20-21(15-18)32-14-13-31-20/h1-8,15H,9-14H2. The quantitative estimate of drug-likeness (QED) is 0.628. The van der Waals surface area contributed by atoms with Gasteiger partial charge in [-0.15, -0.1) is 0 Å². The third-order valence-electron chi connectivity index (χ3n) is 6.23. The van der Waals surface area contributed by atoms with Gasteiger partial charge in [0.2, 0.25) is 0 Å². The molecule has 7 heteroatoms. The SMILES string of the molecule is O=C1c2nc(N3CCc4ccccc4C3=O)ccc2CCN1c1ccc2c(c1)OCCO2. The summed E-state index contributed by atoms with van der Waals surface area (Å²) in [5, 5.41) is 0. The van der Waals surface area contributed by atoms with Gasteiger partial charge in [0.1, 0.15) is 24.7 Å². The molecule has 0 aliphatic carbocycles. The molecule has 7 nitrogen and oxygen atoms in total. The number of hydrogen-bond acceptors (Lipinski definition) is 5. The van der Waals surface area contributed by atoms with Crippen LogP contribution in [-0.4, -0.2) is 43.1 Å². The van der Waals surface area contributed by atoms with Gasteiger partial charge in [-0.1, -0.05) is 24.3 Å². The first-order chi connectivity index (χ1) is 15.7. The monoisotopic (exact) mass is 427 g/mol. The molecule has 0 unspecified atom stereocenters. The molecule has 0 spiro atoms. The van der Waals surface area contributed by atoms with Crippen LogP contribution in [0.4, 0.5) is 11.5 Å². The Hall–Kier alpha value is -3.87. The Labute approximate surface area is 185 Å². The lowest BCUT2D eigenvalue weighted by Gasteiger charge is -2.31. The molecule has 3 aromatic rings. The Balaban J connectivity index is 1.32. The van der Waals surface area contributed by atoms with Crippen LogP contribution in [-0.2, 0) is 12.8 Å². The predicted molar refractivity (Wildman–Crippen MR) is 119 cm³/mol. The van der Waals surface area contributed by atoms with Crippen molar-refractivity contribution >= 4 is 23.3 Å². The molecule has 2 aromatic carbocycles. The van der Waals surface area contributed by atoms with Crippen molar-refractivity contribution in [2.45, 2.75) is 12.8 Å². The third-order valence-corrected chi connectivity index (χ3v) is 6.23. The molecule has 32 heavy (non-hydrogen) atoms. The average Bonchev–Trinajstić information content (AvgIpc) is 2.84. The van der Waals surface area contributed by atoms with Crippen molar-refractivity contribution in [3.63, 3.8) is 0 Å². The number of amides is 2. The third kappa shape index (κ3) is 3.00. The second kappa shape index (κ2) is 7.37. The van der Waals surface area contributed by atoms with Crippen LogP contribution < -0.4 is 19.3 Å². The largest absolute Gasteiger partial charge is 0.486 e. The first kappa shape index (κ1) is 18.9. The maximum atomic E-state index is 13.4. The van der Waals surface area contributed by atoms with Crippen LogP contribution in [0.25, 0.3) is 0 Å². The Bertz CT molecular complexity index is 1260. The highest BCUT2D eigenvalue weighted by Gasteiger charge is 2.31. The zero-order valence-electron chi connectivity index (χ0n) is 17.4. The van der Waals surface area contributed by atoms with E-state index >= 15 is 0 Å². The zero-order valence-corrected chi connectivity index (χ0v) is 17.4. The van der Waals surface area contributed by atoms with E-state index in [9.17, 15) is 9.59 Å². The summed E-state index contributed by atoms with van der Waals surface area (Å²) in [7, 11) is 0. The molecule has 160 valence electrons. The summed E-state index contributed by atoms with van der Waals surface area (Å²) in [4.78, 5) is 34.5. The minimum absolute atomic E-state index is 0.0775. The molecule has 3 aliphatic heterocycles. The summed E-state index contributed by atoms with van der Waals surface area (Å²) >= 11 is 0. The molecule has 2 amide bonds. The van der Waals surface area contributed by atoms with Gasteiger partial charge in [0.15, 0.2) is 11.5 Å². The predicted octanol–water partition coefficient (Wildman–Crippen LogP) is 3.26. The summed E-state index contributed by atoms with van der Waals surface area (Å²) in [6.45, 7) is 2.12. The fraction of sp³-hybridized carbons (Fsp3) is 0.240. The first-order valence-electron chi connectivity index (χ1n) is 10.8. The Kier molecular flexibility index (Phi) is 4.35. The number of nitrogens with zero attached hydrogens (tertiary/aromatic N) is 3. The van der Waals surface area contributed by atoms with Crippen LogP contribution >= 0.6 is 0 Å². The molecule has 1 aromatic heterocycles. The van der Waals surface area contributed by atoms with E-state index in [1.165, 1.54) is 0 Å². The molecule has 0 N–H and O–H groups in total. The van der Waals surface area contributed by atoms with Gasteiger partial charge in [0, 0.05) is 30.4 Å². The highest BCUT2D eigenvalue weighted by atomic mass is 16.6. The Morgan fingerprint density at radius 2 is 1.53 bits per heavy atom. The molecule has 0 saturated heterocycles. The summed E-state index contributed by atoms with van der Waals surface area (Å²) in [6, 6.07) is 17.0. The normalized spacial score (nSPS) is 17.1. The number of pyridine rings is 1. The number of rotatable bonds is 2. The van der Waals surface area contributed by atoms with Gasteiger partial charge >= 0.3 is 0 Å². The van der Waals surface area contributed by atoms with Gasteiger partial charge in [-0.25, -0.2) is 4.98 Å². The van der Waals surface area contributed by atoms with Gasteiger partial charge < -0.3 is 14.4 Å². The molecular formula is C25H21N3O4. The van der Waals surface area contributed by atoms with E-state index < -0.39 is 0 Å². The van der Waals surface area contributed by atoms with Crippen molar-refractivity contribution in [1.29, 1.82) is 0 Å². The fourth-order valence-electron chi connectivity index (χ4n) is 4.57. The van der Waals surface area contributed by atoms with E-state index in [2.05, 4.69) is 4.98 Å². The molecule has 0 radical (unpaired) electrons. The number of ether oxygens (including phenoxy) is 2. The first-order valence-corrected chi connectivity index (χ1v) is 10.8. The van der Waals surface area contributed by atoms with Gasteiger partial charge in [0.25, 0.3) is 11.8 Å². The number of carbonyl (C=O) groups is 2. The Morgan fingerprint density at radius 1 is 0.750 bits per heavy atom. The minimum atomic E-state index is -0.172. The molecular weight excluding hydrogens is 406 g/mol. The van der Waals surface area contributed by atoms with Crippen molar-refractivity contribution in [1.82, 2.24) is 4.98 Å². The smallest absolute Gasteiger partial charge is 0.277 e. The van der Waals surface area contributed by atoms with Gasteiger partial charge in [0.05, 0.1) is 0 Å². The average molecular weight is 427 g/mol. The number of anilines is 2. The van der Waals surface area contributed by atoms with E-state index in [1.54, 1.807) is 9.80 Å². The fourth-order valence-corrected chi connectivity index (χ4v) is 4.57. The molecule has 4 heterocycles. The number of fused-ring (bicyclic) bond motifs is 3. The summed E-state index contributed by atoms with van der Waals surface area (Å²) in [6.07, 6.45) is 1.46. The van der Waals surface area contributed by atoms with Crippen molar-refractivity contribution < 1.29 is 19.1 Å². The van der Waals surface area contributed by atoms with E-state index in [4.69, 9.17) is 9.47 Å². The van der Waals surface area contributed by atoms with Crippen LogP contribution in [0.3, 0.4) is 0 Å². The minimum Gasteiger partial charge on any atom is -0.486 e. The summed E-state index contributed by atoms with van der Waals surface area (Å²) in [5.74, 6) is 1.60. The van der Waals surface area contributed by atoms with Gasteiger partial charge in [-0.3, -0.25) is 14.5 Å². The van der Waals surface area contributed by atoms with Crippen molar-refractivity contribution in [2.75, 3.05) is 36.1 Å². The van der Waals surface area contributed by atoms with E-state index in [1.807, 2.05) is 54.6 Å². The van der Waals surface area contributed by atoms with E-state index in [0.717, 1.165) is 23.2 Å². The topological polar surface area (TPSA) is 72.0 Å². The van der Waals surface area contributed by atoms with Crippen molar-refractivity contribution in [3.8, 4) is 11.5 Å². The van der Waals surface area contributed by atoms with Crippen LogP contribution in [0.1, 0.15) is 32.0 Å². The number of aromatic nitrogens is 1. The highest BCUT2D eigenvalue weighted by Crippen LogP contribution is 2.35. The van der Waals surface area contributed by atoms with Crippen molar-refractivity contribution in [3.05, 3.63) is 77.0 Å². The lowest BCUT2D eigenvalue weighted by Crippen LogP contribution is -2.41. The maximum Gasteiger partial charge on any atom is 0.277 e. The second-order valence-corrected chi connectivity index (χ2v) is 8.08. The van der Waals surface area contributed by atoms with Gasteiger partial charge in [-0.05, 0) is 48.2 Å². The molecule has 0 saturated carbocycles. The molecule has 0 bridgehead atoms. The Morgan fingerprint density at radius 3 is 2.44 bits per heavy atom. The number of hydrogen-bond donors (Lipinski definition) is 0. The van der Waals surface area contributed by atoms with Crippen LogP contribution in [0, 0.1) is 0 Å². The molecule has 6 rings (SSSR count). The van der Waals surface area contributed by atoms with E-state index in [-0.39, 0.29) is 11.8 Å². The summed E-state index contributed by atoms with van der Waals surface area (Å²) in [5.41, 5.74) is 3.79. The molecule has 3 aliphatic rings. The number of benzene rings is 2. The van der Waals surface area contributed by atoms with Crippen LogP contribution in [0.15, 0.2) is 54.6 Å². The summed E-state index contributed by atoms with van der Waals surface area (Å²) < 4.78 is 11.3. The van der Waals surface area contributed by atoms with E-state index in [0.29, 0.717) is 61.3 Å². The van der Waals surface area contributed by atoms with Crippen LogP contribution in [0.2, 0.25) is 0 Å². The lowest BCUT2D eigenvalue weighted by molar-refractivity contribution is 0.0964. The number of carbonyl (C=O) groups excluding carboxylic acids is 2. The zero-order chi connectivity index (χ0) is 21.7. The maximum absolute atomic E-state index is 13.4.